The Bertz CT molecular complexity index is 318. The van der Waals surface area contributed by atoms with Crippen LogP contribution in [0.2, 0.25) is 0 Å². The van der Waals surface area contributed by atoms with Crippen molar-refractivity contribution in [2.45, 2.75) is 20.0 Å². The minimum absolute atomic E-state index is 0.119. The van der Waals surface area contributed by atoms with Crippen molar-refractivity contribution in [2.24, 2.45) is 7.05 Å². The van der Waals surface area contributed by atoms with Gasteiger partial charge in [0.1, 0.15) is 11.8 Å². The summed E-state index contributed by atoms with van der Waals surface area (Å²) in [5, 5.41) is 7.46. The van der Waals surface area contributed by atoms with Crippen LogP contribution in [-0.2, 0) is 11.8 Å². The van der Waals surface area contributed by atoms with Crippen molar-refractivity contribution in [1.29, 1.82) is 0 Å². The molecule has 1 aromatic heterocycles. The van der Waals surface area contributed by atoms with Crippen LogP contribution in [0.5, 0.6) is 0 Å². The number of halogens is 1. The largest absolute Gasteiger partial charge is 0.371 e. The molecule has 0 radical (unpaired) electrons. The van der Waals surface area contributed by atoms with Crippen molar-refractivity contribution in [2.75, 3.05) is 6.61 Å². The third-order valence-electron chi connectivity index (χ3n) is 1.80. The maximum atomic E-state index is 11.8. The first-order valence-electron chi connectivity index (χ1n) is 4.29. The smallest absolute Gasteiger partial charge is 0.212 e. The number of aryl methyl sites for hydroxylation is 1. The molecule has 0 bridgehead atoms. The van der Waals surface area contributed by atoms with Crippen LogP contribution in [0.25, 0.3) is 0 Å². The molecule has 0 aliphatic heterocycles. The SMILES string of the molecule is CCOC(C)C(=O)c1c(Br)nnn1C. The first-order valence-corrected chi connectivity index (χ1v) is 5.08. The van der Waals surface area contributed by atoms with Gasteiger partial charge in [-0.1, -0.05) is 5.21 Å². The zero-order valence-corrected chi connectivity index (χ0v) is 9.91. The van der Waals surface area contributed by atoms with Gasteiger partial charge in [-0.3, -0.25) is 4.79 Å². The molecule has 0 aromatic carbocycles. The van der Waals surface area contributed by atoms with Crippen molar-refractivity contribution in [1.82, 2.24) is 15.0 Å². The molecule has 0 saturated carbocycles. The van der Waals surface area contributed by atoms with Crippen molar-refractivity contribution in [3.8, 4) is 0 Å². The lowest BCUT2D eigenvalue weighted by atomic mass is 10.2. The van der Waals surface area contributed by atoms with E-state index < -0.39 is 6.10 Å². The fourth-order valence-electron chi connectivity index (χ4n) is 1.11. The maximum Gasteiger partial charge on any atom is 0.212 e. The molecule has 1 rings (SSSR count). The van der Waals surface area contributed by atoms with E-state index in [0.29, 0.717) is 16.9 Å². The Labute approximate surface area is 90.6 Å². The zero-order chi connectivity index (χ0) is 10.7. The first kappa shape index (κ1) is 11.3. The fourth-order valence-corrected chi connectivity index (χ4v) is 1.63. The van der Waals surface area contributed by atoms with Gasteiger partial charge in [0.05, 0.1) is 0 Å². The number of ketones is 1. The Balaban J connectivity index is 2.88. The average molecular weight is 262 g/mol. The average Bonchev–Trinajstić information content (AvgIpc) is 2.46. The monoisotopic (exact) mass is 261 g/mol. The van der Waals surface area contributed by atoms with Gasteiger partial charge in [0.25, 0.3) is 0 Å². The molecule has 0 saturated heterocycles. The summed E-state index contributed by atoms with van der Waals surface area (Å²) in [5.41, 5.74) is 0.436. The minimum atomic E-state index is -0.464. The standard InChI is InChI=1S/C8H12BrN3O2/c1-4-14-5(2)7(13)6-8(9)10-11-12(6)3/h5H,4H2,1-3H3. The Morgan fingerprint density at radius 3 is 2.79 bits per heavy atom. The molecule has 0 aliphatic rings. The lowest BCUT2D eigenvalue weighted by Crippen LogP contribution is -2.23. The predicted octanol–water partition coefficient (Wildman–Crippen LogP) is 1.19. The molecular formula is C8H12BrN3O2. The molecule has 0 fully saturated rings. The summed E-state index contributed by atoms with van der Waals surface area (Å²) in [7, 11) is 1.67. The van der Waals surface area contributed by atoms with E-state index in [1.54, 1.807) is 14.0 Å². The van der Waals surface area contributed by atoms with Crippen LogP contribution in [0.4, 0.5) is 0 Å². The lowest BCUT2D eigenvalue weighted by Gasteiger charge is -2.09. The number of aromatic nitrogens is 3. The van der Waals surface area contributed by atoms with Crippen molar-refractivity contribution >= 4 is 21.7 Å². The van der Waals surface area contributed by atoms with E-state index in [-0.39, 0.29) is 5.78 Å². The molecule has 5 nitrogen and oxygen atoms in total. The quantitative estimate of drug-likeness (QED) is 0.765. The summed E-state index contributed by atoms with van der Waals surface area (Å²) in [6.07, 6.45) is -0.464. The Morgan fingerprint density at radius 1 is 1.71 bits per heavy atom. The first-order chi connectivity index (χ1) is 6.57. The summed E-state index contributed by atoms with van der Waals surface area (Å²) in [6, 6.07) is 0. The van der Waals surface area contributed by atoms with Gasteiger partial charge in [0.15, 0.2) is 4.60 Å². The van der Waals surface area contributed by atoms with Gasteiger partial charge in [-0.2, -0.15) is 0 Å². The molecule has 1 aromatic rings. The van der Waals surface area contributed by atoms with Crippen LogP contribution in [0.1, 0.15) is 24.3 Å². The molecule has 1 heterocycles. The number of carbonyl (C=O) groups is 1. The number of carbonyl (C=O) groups excluding carboxylic acids is 1. The molecule has 14 heavy (non-hydrogen) atoms. The number of Topliss-reactive ketones (excluding diaryl/α,β-unsaturated/α-hetero) is 1. The van der Waals surface area contributed by atoms with E-state index in [1.807, 2.05) is 6.92 Å². The van der Waals surface area contributed by atoms with Gasteiger partial charge in [-0.15, -0.1) is 5.10 Å². The van der Waals surface area contributed by atoms with Gasteiger partial charge < -0.3 is 4.74 Å². The molecule has 0 amide bonds. The highest BCUT2D eigenvalue weighted by atomic mass is 79.9. The number of ether oxygens (including phenoxy) is 1. The highest BCUT2D eigenvalue weighted by Crippen LogP contribution is 2.14. The summed E-state index contributed by atoms with van der Waals surface area (Å²) in [5.74, 6) is -0.119. The van der Waals surface area contributed by atoms with Gasteiger partial charge >= 0.3 is 0 Å². The van der Waals surface area contributed by atoms with Crippen LogP contribution in [0, 0.1) is 0 Å². The third kappa shape index (κ3) is 2.19. The maximum absolute atomic E-state index is 11.8. The summed E-state index contributed by atoms with van der Waals surface area (Å²) in [6.45, 7) is 4.07. The lowest BCUT2D eigenvalue weighted by molar-refractivity contribution is 0.0511. The van der Waals surface area contributed by atoms with Crippen LogP contribution < -0.4 is 0 Å². The molecule has 78 valence electrons. The van der Waals surface area contributed by atoms with Crippen LogP contribution in [-0.4, -0.2) is 33.5 Å². The Kier molecular flexibility index (Phi) is 3.77. The van der Waals surface area contributed by atoms with Crippen LogP contribution in [0.15, 0.2) is 4.60 Å². The highest BCUT2D eigenvalue weighted by molar-refractivity contribution is 9.10. The van der Waals surface area contributed by atoms with Crippen LogP contribution >= 0.6 is 15.9 Å². The molecule has 0 aliphatic carbocycles. The topological polar surface area (TPSA) is 57.0 Å². The van der Waals surface area contributed by atoms with Crippen molar-refractivity contribution < 1.29 is 9.53 Å². The predicted molar refractivity (Wildman–Crippen MR) is 54.1 cm³/mol. The van der Waals surface area contributed by atoms with E-state index in [0.717, 1.165) is 0 Å². The van der Waals surface area contributed by atoms with E-state index >= 15 is 0 Å². The summed E-state index contributed by atoms with van der Waals surface area (Å²) < 4.78 is 7.09. The molecule has 0 N–H and O–H groups in total. The minimum Gasteiger partial charge on any atom is -0.371 e. The van der Waals surface area contributed by atoms with Gasteiger partial charge in [-0.05, 0) is 29.8 Å². The van der Waals surface area contributed by atoms with Crippen LogP contribution in [0.3, 0.4) is 0 Å². The summed E-state index contributed by atoms with van der Waals surface area (Å²) in [4.78, 5) is 11.8. The zero-order valence-electron chi connectivity index (χ0n) is 8.32. The Morgan fingerprint density at radius 2 is 2.36 bits per heavy atom. The van der Waals surface area contributed by atoms with Crippen molar-refractivity contribution in [3.05, 3.63) is 10.3 Å². The van der Waals surface area contributed by atoms with E-state index in [4.69, 9.17) is 4.74 Å². The molecule has 6 heteroatoms. The molecular weight excluding hydrogens is 250 g/mol. The van der Waals surface area contributed by atoms with Gasteiger partial charge in [-0.25, -0.2) is 4.68 Å². The van der Waals surface area contributed by atoms with E-state index in [1.165, 1.54) is 4.68 Å². The second kappa shape index (κ2) is 4.65. The number of hydrogen-bond donors (Lipinski definition) is 0. The highest BCUT2D eigenvalue weighted by Gasteiger charge is 2.22. The fraction of sp³-hybridized carbons (Fsp3) is 0.625. The number of rotatable bonds is 4. The summed E-state index contributed by atoms with van der Waals surface area (Å²) >= 11 is 3.17. The normalized spacial score (nSPS) is 12.9. The number of hydrogen-bond acceptors (Lipinski definition) is 4. The second-order valence-corrected chi connectivity index (χ2v) is 3.57. The Hall–Kier alpha value is -0.750. The van der Waals surface area contributed by atoms with E-state index in [2.05, 4.69) is 26.2 Å². The third-order valence-corrected chi connectivity index (χ3v) is 2.34. The molecule has 1 unspecified atom stereocenters. The van der Waals surface area contributed by atoms with Gasteiger partial charge in [0, 0.05) is 13.7 Å². The van der Waals surface area contributed by atoms with Crippen molar-refractivity contribution in [3.63, 3.8) is 0 Å². The van der Waals surface area contributed by atoms with Gasteiger partial charge in [0.2, 0.25) is 5.78 Å². The molecule has 1 atom stereocenters. The number of nitrogens with zero attached hydrogens (tertiary/aromatic N) is 3. The molecule has 0 spiro atoms. The second-order valence-electron chi connectivity index (χ2n) is 2.81. The van der Waals surface area contributed by atoms with E-state index in [9.17, 15) is 4.79 Å².